The van der Waals surface area contributed by atoms with Crippen LogP contribution in [0.2, 0.25) is 0 Å². The quantitative estimate of drug-likeness (QED) is 0.191. The average molecular weight is 763 g/mol. The third-order valence-electron chi connectivity index (χ3n) is 16.8. The number of hydrogen-bond donors (Lipinski definition) is 2. The van der Waals surface area contributed by atoms with Gasteiger partial charge in [0.05, 0.1) is 23.7 Å². The van der Waals surface area contributed by atoms with Crippen LogP contribution in [0.3, 0.4) is 0 Å². The molecule has 5 fully saturated rings. The number of benzene rings is 1. The van der Waals surface area contributed by atoms with Gasteiger partial charge in [-0.05, 0) is 152 Å². The molecule has 1 saturated heterocycles. The topological polar surface area (TPSA) is 113 Å². The highest BCUT2D eigenvalue weighted by atomic mass is 32.2. The van der Waals surface area contributed by atoms with Gasteiger partial charge in [0, 0.05) is 25.2 Å². The van der Waals surface area contributed by atoms with Crippen molar-refractivity contribution in [3.8, 4) is 0 Å². The van der Waals surface area contributed by atoms with Crippen molar-refractivity contribution in [1.29, 1.82) is 0 Å². The molecule has 6 aliphatic rings. The molecule has 0 aromatic heterocycles. The number of carboxylic acids is 1. The van der Waals surface area contributed by atoms with Crippen molar-refractivity contribution >= 4 is 27.5 Å². The molecule has 0 bridgehead atoms. The van der Waals surface area contributed by atoms with E-state index < -0.39 is 15.8 Å². The molecule has 0 radical (unpaired) electrons. The Bertz CT molecular complexity index is 1770. The van der Waals surface area contributed by atoms with Gasteiger partial charge >= 0.3 is 12.1 Å². The van der Waals surface area contributed by atoms with Gasteiger partial charge in [0.1, 0.15) is 0 Å². The Kier molecular flexibility index (Phi) is 10.3. The van der Waals surface area contributed by atoms with Gasteiger partial charge in [-0.2, -0.15) is 0 Å². The van der Waals surface area contributed by atoms with Gasteiger partial charge in [-0.3, -0.25) is 0 Å². The van der Waals surface area contributed by atoms with Crippen molar-refractivity contribution in [2.75, 3.05) is 37.7 Å². The smallest absolute Gasteiger partial charge is 0.407 e. The molecule has 298 valence electrons. The summed E-state index contributed by atoms with van der Waals surface area (Å²) in [5.41, 5.74) is 4.29. The maximum atomic E-state index is 13.6. The molecule has 9 atom stereocenters. The minimum Gasteiger partial charge on any atom is -0.478 e. The second-order valence-corrected chi connectivity index (χ2v) is 22.1. The second-order valence-electron chi connectivity index (χ2n) is 19.8. The first-order valence-electron chi connectivity index (χ1n) is 20.9. The van der Waals surface area contributed by atoms with Crippen molar-refractivity contribution < 1.29 is 27.9 Å². The Labute approximate surface area is 324 Å². The first-order valence-corrected chi connectivity index (χ1v) is 22.7. The molecule has 2 N–H and O–H groups in total. The highest BCUT2D eigenvalue weighted by molar-refractivity contribution is 7.91. The number of amides is 1. The molecule has 54 heavy (non-hydrogen) atoms. The lowest BCUT2D eigenvalue weighted by molar-refractivity contribution is -0.219. The molecule has 1 aromatic rings. The predicted octanol–water partition coefficient (Wildman–Crippen LogP) is 9.02. The van der Waals surface area contributed by atoms with Gasteiger partial charge < -0.3 is 20.1 Å². The van der Waals surface area contributed by atoms with Crippen LogP contribution in [0.5, 0.6) is 0 Å². The van der Waals surface area contributed by atoms with Gasteiger partial charge in [-0.1, -0.05) is 58.4 Å². The van der Waals surface area contributed by atoms with E-state index in [-0.39, 0.29) is 44.8 Å². The fraction of sp³-hybridized carbons (Fsp3) is 0.733. The summed E-state index contributed by atoms with van der Waals surface area (Å²) < 4.78 is 29.5. The number of sulfone groups is 1. The van der Waals surface area contributed by atoms with Crippen molar-refractivity contribution in [3.63, 3.8) is 0 Å². The summed E-state index contributed by atoms with van der Waals surface area (Å²) in [7, 11) is -2.91. The van der Waals surface area contributed by atoms with Crippen LogP contribution >= 0.6 is 0 Å². The van der Waals surface area contributed by atoms with Crippen LogP contribution in [-0.2, 0) is 14.6 Å². The number of alkyl carbamates (subject to hydrolysis) is 1. The Balaban J connectivity index is 1.09. The van der Waals surface area contributed by atoms with E-state index >= 15 is 0 Å². The second kappa shape index (κ2) is 14.1. The van der Waals surface area contributed by atoms with Crippen molar-refractivity contribution in [2.45, 2.75) is 118 Å². The maximum absolute atomic E-state index is 13.6. The predicted molar refractivity (Wildman–Crippen MR) is 215 cm³/mol. The molecule has 1 aliphatic heterocycles. The van der Waals surface area contributed by atoms with Crippen LogP contribution in [0.1, 0.15) is 128 Å². The average Bonchev–Trinajstić information content (AvgIpc) is 3.44. The number of fused-ring (bicyclic) bond motifs is 7. The highest BCUT2D eigenvalue weighted by Gasteiger charge is 2.70. The van der Waals surface area contributed by atoms with Crippen LogP contribution in [0, 0.1) is 51.2 Å². The highest BCUT2D eigenvalue weighted by Crippen LogP contribution is 2.76. The fourth-order valence-electron chi connectivity index (χ4n) is 14.2. The number of carbonyl (C=O) groups is 2. The minimum atomic E-state index is -2.91. The summed E-state index contributed by atoms with van der Waals surface area (Å²) in [6, 6.07) is 7.51. The van der Waals surface area contributed by atoms with Crippen LogP contribution in [0.25, 0.3) is 5.57 Å². The van der Waals surface area contributed by atoms with Crippen LogP contribution in [-0.4, -0.2) is 73.8 Å². The number of carbonyl (C=O) groups excluding carboxylic acids is 1. The Hall–Kier alpha value is -2.65. The van der Waals surface area contributed by atoms with E-state index in [4.69, 9.17) is 4.74 Å². The summed E-state index contributed by atoms with van der Waals surface area (Å²) in [5, 5.41) is 13.1. The van der Waals surface area contributed by atoms with E-state index in [1.807, 2.05) is 12.1 Å². The number of nitrogens with zero attached hydrogens (tertiary/aromatic N) is 1. The first-order chi connectivity index (χ1) is 25.4. The molecule has 1 amide bonds. The summed E-state index contributed by atoms with van der Waals surface area (Å²) in [4.78, 5) is 27.3. The van der Waals surface area contributed by atoms with Crippen LogP contribution in [0.15, 0.2) is 42.5 Å². The summed E-state index contributed by atoms with van der Waals surface area (Å²) in [6.07, 6.45) is 14.0. The fourth-order valence-corrected chi connectivity index (χ4v) is 15.5. The molecule has 9 unspecified atom stereocenters. The molecular weight excluding hydrogens is 697 g/mol. The van der Waals surface area contributed by atoms with E-state index in [9.17, 15) is 23.1 Å². The standard InChI is InChI=1S/C45H66N2O6S/c1-30(2)29-33-15-20-45(46-40(50)53-26-8-23-47-24-27-54(51,52)28-25-47)22-21-43(6)35(38(33)45)13-14-37-42(5)18-16-34(31-9-11-32(12-10-31)39(48)49)41(3,4)36(42)17-19-44(37,43)7/h9-12,16,33,35-38H,1,8,13-15,17-29H2,2-7H3,(H,46,50)(H,48,49). The number of carboxylic acid groups (broad SMARTS) is 1. The lowest BCUT2D eigenvalue weighted by Gasteiger charge is -2.72. The molecule has 0 spiro atoms. The van der Waals surface area contributed by atoms with Gasteiger partial charge in [0.25, 0.3) is 0 Å². The lowest BCUT2D eigenvalue weighted by atomic mass is 9.33. The third-order valence-corrected chi connectivity index (χ3v) is 18.4. The van der Waals surface area contributed by atoms with Gasteiger partial charge in [0.2, 0.25) is 0 Å². The normalized spacial score (nSPS) is 39.5. The summed E-state index contributed by atoms with van der Waals surface area (Å²) in [6.45, 7) is 21.5. The number of allylic oxidation sites excluding steroid dienone is 3. The zero-order valence-electron chi connectivity index (χ0n) is 33.8. The van der Waals surface area contributed by atoms with Gasteiger partial charge in [-0.25, -0.2) is 18.0 Å². The zero-order chi connectivity index (χ0) is 38.9. The molecule has 5 aliphatic carbocycles. The minimum absolute atomic E-state index is 0.0325. The summed E-state index contributed by atoms with van der Waals surface area (Å²) in [5.74, 6) is 2.09. The number of nitrogens with one attached hydrogen (secondary N) is 1. The van der Waals surface area contributed by atoms with Crippen LogP contribution in [0.4, 0.5) is 4.79 Å². The number of aromatic carboxylic acids is 1. The lowest BCUT2D eigenvalue weighted by Crippen LogP contribution is -2.68. The van der Waals surface area contributed by atoms with Crippen molar-refractivity contribution in [1.82, 2.24) is 10.2 Å². The maximum Gasteiger partial charge on any atom is 0.407 e. The van der Waals surface area contributed by atoms with E-state index in [1.54, 1.807) is 12.1 Å². The van der Waals surface area contributed by atoms with Gasteiger partial charge in [0.15, 0.2) is 9.84 Å². The molecule has 1 heterocycles. The Morgan fingerprint density at radius 2 is 1.63 bits per heavy atom. The molecule has 7 rings (SSSR count). The summed E-state index contributed by atoms with van der Waals surface area (Å²) >= 11 is 0. The Morgan fingerprint density at radius 1 is 0.926 bits per heavy atom. The van der Waals surface area contributed by atoms with Crippen LogP contribution < -0.4 is 5.32 Å². The SMILES string of the molecule is C=C(C)CC1CCC2(NC(=O)OCCCN3CCS(=O)(=O)CC3)CCC3(C)C(CCC4C5(C)CC=C(c6ccc(C(=O)O)cc6)C(C)(C)C5CCC43C)C12. The van der Waals surface area contributed by atoms with Gasteiger partial charge in [-0.15, -0.1) is 6.58 Å². The van der Waals surface area contributed by atoms with Crippen molar-refractivity contribution in [3.05, 3.63) is 53.6 Å². The molecular formula is C45H66N2O6S. The largest absolute Gasteiger partial charge is 0.478 e. The number of ether oxygens (including phenoxy) is 1. The molecule has 1 aromatic carbocycles. The van der Waals surface area contributed by atoms with Crippen molar-refractivity contribution in [2.24, 2.45) is 51.2 Å². The van der Waals surface area contributed by atoms with E-state index in [0.717, 1.165) is 50.6 Å². The molecule has 8 nitrogen and oxygen atoms in total. The molecule has 9 heteroatoms. The van der Waals surface area contributed by atoms with E-state index in [0.29, 0.717) is 61.3 Å². The zero-order valence-corrected chi connectivity index (χ0v) is 34.7. The van der Waals surface area contributed by atoms with E-state index in [2.05, 4.69) is 64.4 Å². The monoisotopic (exact) mass is 762 g/mol. The number of rotatable bonds is 9. The molecule has 4 saturated carbocycles. The Morgan fingerprint density at radius 3 is 2.30 bits per heavy atom. The van der Waals surface area contributed by atoms with E-state index in [1.165, 1.54) is 36.8 Å². The third kappa shape index (κ3) is 6.59. The number of hydrogen-bond acceptors (Lipinski definition) is 6. The first kappa shape index (κ1) is 39.6.